The highest BCUT2D eigenvalue weighted by atomic mass is 15.2. The Morgan fingerprint density at radius 3 is 2.17 bits per heavy atom. The van der Waals surface area contributed by atoms with Crippen molar-refractivity contribution in [3.63, 3.8) is 0 Å². The number of rotatable bonds is 0. The number of hydrogen-bond donors (Lipinski definition) is 0. The van der Waals surface area contributed by atoms with Crippen molar-refractivity contribution in [2.75, 3.05) is 6.54 Å². The van der Waals surface area contributed by atoms with E-state index in [0.29, 0.717) is 5.54 Å². The van der Waals surface area contributed by atoms with Crippen LogP contribution in [0.5, 0.6) is 0 Å². The van der Waals surface area contributed by atoms with E-state index in [9.17, 15) is 0 Å². The molecule has 1 saturated heterocycles. The van der Waals surface area contributed by atoms with Gasteiger partial charge in [0.1, 0.15) is 0 Å². The Balaban J connectivity index is 2.08. The van der Waals surface area contributed by atoms with E-state index >= 15 is 0 Å². The first-order chi connectivity index (χ1) is 5.48. The van der Waals surface area contributed by atoms with Crippen molar-refractivity contribution in [1.29, 1.82) is 0 Å². The van der Waals surface area contributed by atoms with Crippen LogP contribution in [0.15, 0.2) is 0 Å². The Kier molecular flexibility index (Phi) is 1.76. The Morgan fingerprint density at radius 1 is 1.17 bits per heavy atom. The fourth-order valence-electron chi connectivity index (χ4n) is 3.03. The van der Waals surface area contributed by atoms with Crippen LogP contribution < -0.4 is 0 Å². The number of fused-ring (bicyclic) bond motifs is 2. The molecule has 1 nitrogen and oxygen atoms in total. The van der Waals surface area contributed by atoms with Gasteiger partial charge in [0.15, 0.2) is 0 Å². The molecule has 0 spiro atoms. The molecule has 2 fully saturated rings. The van der Waals surface area contributed by atoms with Crippen LogP contribution in [-0.2, 0) is 0 Å². The molecule has 2 bridgehead atoms. The average Bonchev–Trinajstić information content (AvgIpc) is 2.41. The predicted molar refractivity (Wildman–Crippen MR) is 52.1 cm³/mol. The predicted octanol–water partition coefficient (Wildman–Crippen LogP) is 2.52. The standard InChI is InChI=1S/C11H21N/c1-8-5-10-6-9(8)7-12(10)11(2,3)4/h8-10H,5-7H2,1-4H3/t8?,9-,10+/m1/s1. The lowest BCUT2D eigenvalue weighted by Crippen LogP contribution is -2.47. The summed E-state index contributed by atoms with van der Waals surface area (Å²) in [5.74, 6) is 2.00. The van der Waals surface area contributed by atoms with E-state index in [0.717, 1.165) is 17.9 Å². The Morgan fingerprint density at radius 2 is 1.83 bits per heavy atom. The molecule has 3 atom stereocenters. The molecule has 0 N–H and O–H groups in total. The minimum absolute atomic E-state index is 0.402. The summed E-state index contributed by atoms with van der Waals surface area (Å²) in [5.41, 5.74) is 0.402. The number of likely N-dealkylation sites (tertiary alicyclic amines) is 1. The molecular formula is C11H21N. The van der Waals surface area contributed by atoms with E-state index in [1.54, 1.807) is 0 Å². The second-order valence-corrected chi connectivity index (χ2v) is 5.69. The third kappa shape index (κ3) is 1.19. The highest BCUT2D eigenvalue weighted by Gasteiger charge is 2.45. The third-order valence-electron chi connectivity index (χ3n) is 3.76. The van der Waals surface area contributed by atoms with Crippen LogP contribution in [0.2, 0.25) is 0 Å². The van der Waals surface area contributed by atoms with Crippen molar-refractivity contribution in [2.24, 2.45) is 11.8 Å². The molecule has 1 aliphatic heterocycles. The quantitative estimate of drug-likeness (QED) is 0.536. The number of piperidine rings is 1. The summed E-state index contributed by atoms with van der Waals surface area (Å²) in [7, 11) is 0. The van der Waals surface area contributed by atoms with Gasteiger partial charge in [0.2, 0.25) is 0 Å². The first kappa shape index (κ1) is 8.55. The van der Waals surface area contributed by atoms with Gasteiger partial charge >= 0.3 is 0 Å². The molecule has 0 aromatic heterocycles. The molecule has 1 aliphatic carbocycles. The second kappa shape index (κ2) is 2.47. The van der Waals surface area contributed by atoms with Crippen LogP contribution in [-0.4, -0.2) is 23.0 Å². The first-order valence-electron chi connectivity index (χ1n) is 5.25. The van der Waals surface area contributed by atoms with Crippen molar-refractivity contribution < 1.29 is 0 Å². The van der Waals surface area contributed by atoms with Crippen LogP contribution in [0, 0.1) is 11.8 Å². The smallest absolute Gasteiger partial charge is 0.0128 e. The van der Waals surface area contributed by atoms with E-state index in [1.165, 1.54) is 19.4 Å². The normalized spacial score (nSPS) is 42.5. The minimum Gasteiger partial charge on any atom is -0.295 e. The van der Waals surface area contributed by atoms with Crippen LogP contribution in [0.3, 0.4) is 0 Å². The summed E-state index contributed by atoms with van der Waals surface area (Å²) in [5, 5.41) is 0. The van der Waals surface area contributed by atoms with Crippen molar-refractivity contribution in [3.05, 3.63) is 0 Å². The van der Waals surface area contributed by atoms with Gasteiger partial charge in [-0.1, -0.05) is 6.92 Å². The third-order valence-corrected chi connectivity index (χ3v) is 3.76. The molecule has 70 valence electrons. The number of hydrogen-bond acceptors (Lipinski definition) is 1. The summed E-state index contributed by atoms with van der Waals surface area (Å²) < 4.78 is 0. The van der Waals surface area contributed by atoms with Gasteiger partial charge in [0.25, 0.3) is 0 Å². The van der Waals surface area contributed by atoms with Crippen LogP contribution in [0.1, 0.15) is 40.5 Å². The average molecular weight is 167 g/mol. The summed E-state index contributed by atoms with van der Waals surface area (Å²) >= 11 is 0. The van der Waals surface area contributed by atoms with E-state index in [-0.39, 0.29) is 0 Å². The van der Waals surface area contributed by atoms with E-state index in [1.807, 2.05) is 0 Å². The molecular weight excluding hydrogens is 146 g/mol. The highest BCUT2D eigenvalue weighted by molar-refractivity contribution is 4.99. The topological polar surface area (TPSA) is 3.24 Å². The summed E-state index contributed by atoms with van der Waals surface area (Å²) in [4.78, 5) is 2.71. The van der Waals surface area contributed by atoms with E-state index in [2.05, 4.69) is 32.6 Å². The first-order valence-corrected chi connectivity index (χ1v) is 5.25. The molecule has 0 aromatic carbocycles. The monoisotopic (exact) mass is 167 g/mol. The maximum atomic E-state index is 2.71. The zero-order valence-electron chi connectivity index (χ0n) is 8.80. The SMILES string of the molecule is CC1C[C@H]2C[C@@H]1CN2C(C)(C)C. The van der Waals surface area contributed by atoms with E-state index in [4.69, 9.17) is 0 Å². The molecule has 0 aromatic rings. The summed E-state index contributed by atoms with van der Waals surface area (Å²) in [6.07, 6.45) is 2.92. The molecule has 12 heavy (non-hydrogen) atoms. The Bertz CT molecular complexity index is 178. The lowest BCUT2D eigenvalue weighted by molar-refractivity contribution is 0.0813. The Labute approximate surface area is 76.1 Å². The fourth-order valence-corrected chi connectivity index (χ4v) is 3.03. The number of nitrogens with zero attached hydrogens (tertiary/aromatic N) is 1. The minimum atomic E-state index is 0.402. The molecule has 0 radical (unpaired) electrons. The van der Waals surface area contributed by atoms with Gasteiger partial charge in [-0.25, -0.2) is 0 Å². The van der Waals surface area contributed by atoms with Gasteiger partial charge < -0.3 is 0 Å². The zero-order valence-corrected chi connectivity index (χ0v) is 8.80. The van der Waals surface area contributed by atoms with Gasteiger partial charge in [0, 0.05) is 18.1 Å². The molecule has 1 heteroatoms. The highest BCUT2D eigenvalue weighted by Crippen LogP contribution is 2.44. The summed E-state index contributed by atoms with van der Waals surface area (Å²) in [6, 6.07) is 0.907. The fraction of sp³-hybridized carbons (Fsp3) is 1.00. The molecule has 1 heterocycles. The van der Waals surface area contributed by atoms with Gasteiger partial charge in [-0.2, -0.15) is 0 Å². The van der Waals surface area contributed by atoms with Crippen LogP contribution in [0.4, 0.5) is 0 Å². The van der Waals surface area contributed by atoms with Crippen molar-refractivity contribution in [1.82, 2.24) is 4.90 Å². The van der Waals surface area contributed by atoms with Crippen LogP contribution in [0.25, 0.3) is 0 Å². The van der Waals surface area contributed by atoms with Crippen molar-refractivity contribution >= 4 is 0 Å². The largest absolute Gasteiger partial charge is 0.295 e. The molecule has 0 amide bonds. The van der Waals surface area contributed by atoms with Gasteiger partial charge in [-0.3, -0.25) is 4.90 Å². The van der Waals surface area contributed by atoms with Crippen LogP contribution >= 0.6 is 0 Å². The lowest BCUT2D eigenvalue weighted by Gasteiger charge is -2.40. The lowest BCUT2D eigenvalue weighted by atomic mass is 9.94. The van der Waals surface area contributed by atoms with Gasteiger partial charge in [-0.05, 0) is 45.4 Å². The molecule has 2 rings (SSSR count). The van der Waals surface area contributed by atoms with Gasteiger partial charge in [0.05, 0.1) is 0 Å². The van der Waals surface area contributed by atoms with Crippen molar-refractivity contribution in [2.45, 2.75) is 52.1 Å². The molecule has 1 saturated carbocycles. The van der Waals surface area contributed by atoms with Crippen molar-refractivity contribution in [3.8, 4) is 0 Å². The second-order valence-electron chi connectivity index (χ2n) is 5.69. The maximum absolute atomic E-state index is 2.71. The van der Waals surface area contributed by atoms with Gasteiger partial charge in [-0.15, -0.1) is 0 Å². The molecule has 1 unspecified atom stereocenters. The molecule has 2 aliphatic rings. The van der Waals surface area contributed by atoms with E-state index < -0.39 is 0 Å². The maximum Gasteiger partial charge on any atom is 0.0128 e. The Hall–Kier alpha value is -0.0400. The summed E-state index contributed by atoms with van der Waals surface area (Å²) in [6.45, 7) is 10.8. The zero-order chi connectivity index (χ0) is 8.93.